The van der Waals surface area contributed by atoms with Crippen LogP contribution in [0.3, 0.4) is 0 Å². The number of hydrogen-bond donors (Lipinski definition) is 0. The molecule has 128 valence electrons. The van der Waals surface area contributed by atoms with Gasteiger partial charge in [-0.05, 0) is 18.8 Å². The molecule has 0 radical (unpaired) electrons. The first kappa shape index (κ1) is 16.1. The Hall–Kier alpha value is -1.73. The summed E-state index contributed by atoms with van der Waals surface area (Å²) in [7, 11) is 1.85. The fourth-order valence-electron chi connectivity index (χ4n) is 3.44. The number of hydrogen-bond acceptors (Lipinski definition) is 5. The van der Waals surface area contributed by atoms with E-state index in [1.165, 1.54) is 4.90 Å². The van der Waals surface area contributed by atoms with Crippen LogP contribution < -0.4 is 0 Å². The molecule has 1 aliphatic carbocycles. The van der Waals surface area contributed by atoms with E-state index in [0.717, 1.165) is 19.4 Å². The van der Waals surface area contributed by atoms with Crippen LogP contribution in [0.25, 0.3) is 0 Å². The SMILES string of the molecule is CN1CN(CC2CCC(=O)CC2)C=C2C1=NCN2CC(F)(F)F. The maximum absolute atomic E-state index is 12.7. The van der Waals surface area contributed by atoms with Crippen LogP contribution in [0.15, 0.2) is 16.9 Å². The fraction of sp³-hybridized carbons (Fsp3) is 0.733. The molecule has 0 atom stereocenters. The predicted molar refractivity (Wildman–Crippen MR) is 79.4 cm³/mol. The summed E-state index contributed by atoms with van der Waals surface area (Å²) in [4.78, 5) is 20.7. The number of ketones is 1. The first-order chi connectivity index (χ1) is 10.8. The van der Waals surface area contributed by atoms with E-state index in [1.54, 1.807) is 6.20 Å². The van der Waals surface area contributed by atoms with Crippen LogP contribution in [0.2, 0.25) is 0 Å². The number of aliphatic imine (C=N–C) groups is 1. The number of Topliss-reactive ketones (excluding diaryl/α,β-unsaturated/α-hetero) is 1. The van der Waals surface area contributed by atoms with Crippen molar-refractivity contribution in [2.75, 3.05) is 33.5 Å². The molecule has 0 spiro atoms. The number of amidine groups is 1. The Morgan fingerprint density at radius 1 is 1.30 bits per heavy atom. The zero-order chi connectivity index (χ0) is 16.6. The average Bonchev–Trinajstić information content (AvgIpc) is 2.83. The van der Waals surface area contributed by atoms with E-state index in [2.05, 4.69) is 4.99 Å². The lowest BCUT2D eigenvalue weighted by atomic mass is 9.88. The molecule has 0 saturated heterocycles. The highest BCUT2D eigenvalue weighted by Gasteiger charge is 2.37. The molecule has 0 N–H and O–H groups in total. The molecule has 23 heavy (non-hydrogen) atoms. The minimum atomic E-state index is -4.24. The average molecular weight is 330 g/mol. The predicted octanol–water partition coefficient (Wildman–Crippen LogP) is 2.03. The first-order valence-corrected chi connectivity index (χ1v) is 7.87. The summed E-state index contributed by atoms with van der Waals surface area (Å²) in [6.45, 7) is 0.461. The molecule has 0 unspecified atom stereocenters. The standard InChI is InChI=1S/C15H21F3N4O/c1-20-10-21(6-11-2-4-12(23)5-3-11)7-13-14(20)19-9-22(13)8-15(16,17)18/h7,11H,2-6,8-10H2,1H3. The highest BCUT2D eigenvalue weighted by Crippen LogP contribution is 2.28. The summed E-state index contributed by atoms with van der Waals surface area (Å²) in [6, 6.07) is 0. The molecule has 8 heteroatoms. The van der Waals surface area contributed by atoms with Crippen molar-refractivity contribution in [3.05, 3.63) is 11.9 Å². The van der Waals surface area contributed by atoms with Crippen LogP contribution >= 0.6 is 0 Å². The molecule has 0 aromatic rings. The van der Waals surface area contributed by atoms with Gasteiger partial charge in [0.15, 0.2) is 5.84 Å². The van der Waals surface area contributed by atoms with Gasteiger partial charge in [-0.3, -0.25) is 4.79 Å². The molecule has 0 aromatic carbocycles. The minimum Gasteiger partial charge on any atom is -0.358 e. The Balaban J connectivity index is 1.68. The molecule has 0 amide bonds. The highest BCUT2D eigenvalue weighted by molar-refractivity contribution is 5.99. The number of likely N-dealkylation sites (N-methyl/N-ethyl adjacent to an activating group) is 1. The molecule has 1 saturated carbocycles. The Labute approximate surface area is 133 Å². The zero-order valence-corrected chi connectivity index (χ0v) is 13.1. The Morgan fingerprint density at radius 2 is 2.00 bits per heavy atom. The highest BCUT2D eigenvalue weighted by atomic mass is 19.4. The first-order valence-electron chi connectivity index (χ1n) is 7.87. The molecule has 2 aliphatic heterocycles. The van der Waals surface area contributed by atoms with Crippen molar-refractivity contribution < 1.29 is 18.0 Å². The van der Waals surface area contributed by atoms with Crippen LogP contribution in [-0.2, 0) is 4.79 Å². The van der Waals surface area contributed by atoms with Crippen LogP contribution in [0.4, 0.5) is 13.2 Å². The van der Waals surface area contributed by atoms with Gasteiger partial charge in [-0.2, -0.15) is 13.2 Å². The summed E-state index contributed by atoms with van der Waals surface area (Å²) in [6.07, 6.45) is 0.547. The number of halogens is 3. The lowest BCUT2D eigenvalue weighted by Gasteiger charge is -2.37. The molecular weight excluding hydrogens is 309 g/mol. The second-order valence-corrected chi connectivity index (χ2v) is 6.54. The monoisotopic (exact) mass is 330 g/mol. The maximum atomic E-state index is 12.7. The van der Waals surface area contributed by atoms with Gasteiger partial charge in [0.25, 0.3) is 0 Å². The Kier molecular flexibility index (Phi) is 4.25. The van der Waals surface area contributed by atoms with Crippen molar-refractivity contribution in [3.8, 4) is 0 Å². The van der Waals surface area contributed by atoms with Crippen LogP contribution in [0, 0.1) is 5.92 Å². The lowest BCUT2D eigenvalue weighted by Crippen LogP contribution is -2.46. The topological polar surface area (TPSA) is 39.1 Å². The molecular formula is C15H21F3N4O. The van der Waals surface area contributed by atoms with E-state index in [1.807, 2.05) is 16.8 Å². The number of carbonyl (C=O) groups excluding carboxylic acids is 1. The van der Waals surface area contributed by atoms with E-state index in [4.69, 9.17) is 0 Å². The summed E-state index contributed by atoms with van der Waals surface area (Å²) in [5.74, 6) is 1.37. The van der Waals surface area contributed by atoms with Crippen molar-refractivity contribution >= 4 is 11.6 Å². The van der Waals surface area contributed by atoms with Crippen molar-refractivity contribution in [2.45, 2.75) is 31.9 Å². The number of fused-ring (bicyclic) bond motifs is 1. The number of rotatable bonds is 3. The molecule has 1 fully saturated rings. The summed E-state index contributed by atoms with van der Waals surface area (Å²) >= 11 is 0. The van der Waals surface area contributed by atoms with Crippen LogP contribution in [-0.4, -0.2) is 66.0 Å². The van der Waals surface area contributed by atoms with Crippen LogP contribution in [0.5, 0.6) is 0 Å². The van der Waals surface area contributed by atoms with Gasteiger partial charge in [-0.25, -0.2) is 4.99 Å². The minimum absolute atomic E-state index is 0.0524. The molecule has 2 heterocycles. The third-order valence-electron chi connectivity index (χ3n) is 4.55. The maximum Gasteiger partial charge on any atom is 0.405 e. The number of nitrogens with zero attached hydrogens (tertiary/aromatic N) is 4. The summed E-state index contributed by atoms with van der Waals surface area (Å²) in [5, 5.41) is 0. The van der Waals surface area contributed by atoms with E-state index in [0.29, 0.717) is 42.7 Å². The molecule has 3 rings (SSSR count). The largest absolute Gasteiger partial charge is 0.405 e. The van der Waals surface area contributed by atoms with Gasteiger partial charge in [-0.1, -0.05) is 0 Å². The van der Waals surface area contributed by atoms with Crippen molar-refractivity contribution in [1.82, 2.24) is 14.7 Å². The van der Waals surface area contributed by atoms with Gasteiger partial charge in [-0.15, -0.1) is 0 Å². The summed E-state index contributed by atoms with van der Waals surface area (Å²) < 4.78 is 38.1. The second-order valence-electron chi connectivity index (χ2n) is 6.54. The Morgan fingerprint density at radius 3 is 2.65 bits per heavy atom. The quantitative estimate of drug-likeness (QED) is 0.794. The third-order valence-corrected chi connectivity index (χ3v) is 4.55. The summed E-state index contributed by atoms with van der Waals surface area (Å²) in [5.41, 5.74) is 0.544. The van der Waals surface area contributed by atoms with E-state index in [-0.39, 0.29) is 6.67 Å². The van der Waals surface area contributed by atoms with E-state index in [9.17, 15) is 18.0 Å². The van der Waals surface area contributed by atoms with Gasteiger partial charge < -0.3 is 14.7 Å². The van der Waals surface area contributed by atoms with Crippen molar-refractivity contribution in [3.63, 3.8) is 0 Å². The van der Waals surface area contributed by atoms with Gasteiger partial charge in [0.1, 0.15) is 19.0 Å². The smallest absolute Gasteiger partial charge is 0.358 e. The van der Waals surface area contributed by atoms with Crippen LogP contribution in [0.1, 0.15) is 25.7 Å². The van der Waals surface area contributed by atoms with Gasteiger partial charge in [0.05, 0.1) is 12.4 Å². The molecule has 0 aromatic heterocycles. The second kappa shape index (κ2) is 6.05. The third kappa shape index (κ3) is 3.79. The number of carbonyl (C=O) groups is 1. The molecule has 3 aliphatic rings. The van der Waals surface area contributed by atoms with Crippen molar-refractivity contribution in [1.29, 1.82) is 0 Å². The van der Waals surface area contributed by atoms with Crippen molar-refractivity contribution in [2.24, 2.45) is 10.9 Å². The fourth-order valence-corrected chi connectivity index (χ4v) is 3.44. The van der Waals surface area contributed by atoms with E-state index >= 15 is 0 Å². The van der Waals surface area contributed by atoms with Gasteiger partial charge in [0, 0.05) is 32.6 Å². The Bertz CT molecular complexity index is 533. The normalized spacial score (nSPS) is 23.1. The number of alkyl halides is 3. The lowest BCUT2D eigenvalue weighted by molar-refractivity contribution is -0.140. The van der Waals surface area contributed by atoms with Gasteiger partial charge >= 0.3 is 6.18 Å². The van der Waals surface area contributed by atoms with E-state index < -0.39 is 12.7 Å². The van der Waals surface area contributed by atoms with Gasteiger partial charge in [0.2, 0.25) is 0 Å². The molecule has 0 bridgehead atoms. The molecule has 5 nitrogen and oxygen atoms in total. The zero-order valence-electron chi connectivity index (χ0n) is 13.1.